The molecule has 4 heteroatoms. The summed E-state index contributed by atoms with van der Waals surface area (Å²) in [5.74, 6) is 0.687. The van der Waals surface area contributed by atoms with Gasteiger partial charge in [0.05, 0.1) is 15.9 Å². The number of nitrogens with zero attached hydrogens (tertiary/aromatic N) is 2. The molecule has 0 N–H and O–H groups in total. The number of thiophene rings is 1. The Kier molecular flexibility index (Phi) is 7.04. The number of hydrogen-bond donors (Lipinski definition) is 0. The van der Waals surface area contributed by atoms with E-state index in [0.29, 0.717) is 5.82 Å². The van der Waals surface area contributed by atoms with Crippen molar-refractivity contribution in [3.05, 3.63) is 182 Å². The SMILES string of the molecule is c1ccc(-c2ccc(-c3ccc4oc5cccc(-c6nc(-c7ccc8cc(-c9ccccc9)ccc8c7)c7sc8ccccc8c7n6)c5c4c3)cc2)cc1. The van der Waals surface area contributed by atoms with Crippen molar-refractivity contribution in [2.75, 3.05) is 0 Å². The summed E-state index contributed by atoms with van der Waals surface area (Å²) in [5, 5.41) is 5.58. The van der Waals surface area contributed by atoms with E-state index in [9.17, 15) is 0 Å². The van der Waals surface area contributed by atoms with Crippen molar-refractivity contribution in [2.45, 2.75) is 0 Å². The average Bonchev–Trinajstić information content (AvgIpc) is 3.82. The second kappa shape index (κ2) is 12.4. The molecule has 0 unspecified atom stereocenters. The molecule has 3 nitrogen and oxygen atoms in total. The van der Waals surface area contributed by atoms with E-state index in [0.717, 1.165) is 65.5 Å². The fraction of sp³-hybridized carbons (Fsp3) is 0. The van der Waals surface area contributed by atoms with Gasteiger partial charge in [-0.3, -0.25) is 0 Å². The van der Waals surface area contributed by atoms with E-state index in [-0.39, 0.29) is 0 Å². The zero-order valence-corrected chi connectivity index (χ0v) is 29.8. The van der Waals surface area contributed by atoms with E-state index in [1.54, 1.807) is 11.3 Å². The lowest BCUT2D eigenvalue weighted by Gasteiger charge is -2.10. The third-order valence-corrected chi connectivity index (χ3v) is 11.7. The Bertz CT molecular complexity index is 3200. The molecule has 0 spiro atoms. The van der Waals surface area contributed by atoms with E-state index in [4.69, 9.17) is 14.4 Å². The van der Waals surface area contributed by atoms with Crippen LogP contribution in [0.2, 0.25) is 0 Å². The van der Waals surface area contributed by atoms with Crippen LogP contribution in [0, 0.1) is 0 Å². The molecule has 11 aromatic rings. The van der Waals surface area contributed by atoms with Crippen molar-refractivity contribution in [1.82, 2.24) is 9.97 Å². The zero-order chi connectivity index (χ0) is 35.6. The van der Waals surface area contributed by atoms with Crippen LogP contribution in [-0.4, -0.2) is 9.97 Å². The number of hydrogen-bond acceptors (Lipinski definition) is 4. The quantitative estimate of drug-likeness (QED) is 0.179. The van der Waals surface area contributed by atoms with Gasteiger partial charge in [0, 0.05) is 32.0 Å². The van der Waals surface area contributed by atoms with Crippen LogP contribution in [0.25, 0.3) is 109 Å². The molecule has 8 aromatic carbocycles. The van der Waals surface area contributed by atoms with E-state index in [2.05, 4.69) is 164 Å². The van der Waals surface area contributed by atoms with Crippen molar-refractivity contribution in [3.63, 3.8) is 0 Å². The molecule has 0 aliphatic heterocycles. The summed E-state index contributed by atoms with van der Waals surface area (Å²) in [6.07, 6.45) is 0. The summed E-state index contributed by atoms with van der Waals surface area (Å²) in [7, 11) is 0. The third-order valence-electron chi connectivity index (χ3n) is 10.5. The van der Waals surface area contributed by atoms with Crippen molar-refractivity contribution < 1.29 is 4.42 Å². The standard InChI is InChI=1S/C50H30N2OS/c1-3-10-31(11-4-1)33-18-20-34(21-19-33)38-26-27-43-42(30-38)46-41(15-9-16-44(46)53-43)50-51-47(49-48(52-50)40-14-7-8-17-45(40)54-49)39-25-24-36-28-35(22-23-37(36)29-39)32-12-5-2-6-13-32/h1-30H. The van der Waals surface area contributed by atoms with Gasteiger partial charge in [-0.25, -0.2) is 9.97 Å². The first kappa shape index (κ1) is 30.7. The molecule has 0 radical (unpaired) electrons. The number of rotatable bonds is 5. The molecule has 0 bridgehead atoms. The smallest absolute Gasteiger partial charge is 0.161 e. The Labute approximate surface area is 315 Å². The van der Waals surface area contributed by atoms with Gasteiger partial charge in [0.15, 0.2) is 5.82 Å². The van der Waals surface area contributed by atoms with Crippen LogP contribution in [0.1, 0.15) is 0 Å². The van der Waals surface area contributed by atoms with E-state index < -0.39 is 0 Å². The van der Waals surface area contributed by atoms with E-state index in [1.807, 2.05) is 18.2 Å². The van der Waals surface area contributed by atoms with Gasteiger partial charge >= 0.3 is 0 Å². The predicted octanol–water partition coefficient (Wildman–Crippen LogP) is 14.2. The molecule has 3 aromatic heterocycles. The molecule has 0 saturated heterocycles. The Hall–Kier alpha value is -6.88. The summed E-state index contributed by atoms with van der Waals surface area (Å²) in [6.45, 7) is 0. The van der Waals surface area contributed by atoms with Gasteiger partial charge in [0.1, 0.15) is 11.2 Å². The van der Waals surface area contributed by atoms with Crippen LogP contribution >= 0.6 is 11.3 Å². The highest BCUT2D eigenvalue weighted by molar-refractivity contribution is 7.26. The van der Waals surface area contributed by atoms with Crippen LogP contribution in [0.5, 0.6) is 0 Å². The maximum atomic E-state index is 6.48. The second-order valence-electron chi connectivity index (χ2n) is 13.7. The fourth-order valence-electron chi connectivity index (χ4n) is 7.79. The first-order valence-corrected chi connectivity index (χ1v) is 19.0. The van der Waals surface area contributed by atoms with Crippen molar-refractivity contribution in [3.8, 4) is 56.0 Å². The van der Waals surface area contributed by atoms with Crippen LogP contribution in [0.4, 0.5) is 0 Å². The van der Waals surface area contributed by atoms with Gasteiger partial charge in [-0.2, -0.15) is 0 Å². The molecule has 252 valence electrons. The number of fused-ring (bicyclic) bond motifs is 7. The molecular weight excluding hydrogens is 677 g/mol. The Morgan fingerprint density at radius 2 is 1.00 bits per heavy atom. The van der Waals surface area contributed by atoms with Crippen LogP contribution in [0.3, 0.4) is 0 Å². The molecule has 0 amide bonds. The van der Waals surface area contributed by atoms with Gasteiger partial charge in [-0.05, 0) is 80.6 Å². The van der Waals surface area contributed by atoms with Gasteiger partial charge in [-0.1, -0.05) is 146 Å². The fourth-order valence-corrected chi connectivity index (χ4v) is 8.94. The van der Waals surface area contributed by atoms with Crippen LogP contribution < -0.4 is 0 Å². The maximum Gasteiger partial charge on any atom is 0.161 e. The molecule has 0 atom stereocenters. The Morgan fingerprint density at radius 3 is 1.78 bits per heavy atom. The highest BCUT2D eigenvalue weighted by Crippen LogP contribution is 2.43. The highest BCUT2D eigenvalue weighted by atomic mass is 32.1. The minimum absolute atomic E-state index is 0.687. The molecular formula is C50H30N2OS. The van der Waals surface area contributed by atoms with E-state index >= 15 is 0 Å². The molecule has 0 aliphatic rings. The number of benzene rings is 8. The first-order valence-electron chi connectivity index (χ1n) is 18.1. The van der Waals surface area contributed by atoms with E-state index in [1.165, 1.54) is 37.7 Å². The summed E-state index contributed by atoms with van der Waals surface area (Å²) >= 11 is 1.76. The average molecular weight is 707 g/mol. The normalized spacial score (nSPS) is 11.7. The molecule has 11 rings (SSSR count). The summed E-state index contributed by atoms with van der Waals surface area (Å²) < 4.78 is 8.76. The topological polar surface area (TPSA) is 38.9 Å². The number of aromatic nitrogens is 2. The number of furan rings is 1. The molecule has 0 saturated carbocycles. The Balaban J connectivity index is 1.08. The minimum Gasteiger partial charge on any atom is -0.456 e. The third kappa shape index (κ3) is 5.11. The second-order valence-corrected chi connectivity index (χ2v) is 14.8. The largest absolute Gasteiger partial charge is 0.456 e. The minimum atomic E-state index is 0.687. The zero-order valence-electron chi connectivity index (χ0n) is 29.0. The first-order chi connectivity index (χ1) is 26.7. The summed E-state index contributed by atoms with van der Waals surface area (Å²) in [5.41, 5.74) is 12.7. The lowest BCUT2D eigenvalue weighted by molar-refractivity contribution is 0.669. The van der Waals surface area contributed by atoms with Crippen molar-refractivity contribution in [1.29, 1.82) is 0 Å². The van der Waals surface area contributed by atoms with Crippen molar-refractivity contribution >= 4 is 64.4 Å². The maximum absolute atomic E-state index is 6.48. The summed E-state index contributed by atoms with van der Waals surface area (Å²) in [4.78, 5) is 10.8. The highest BCUT2D eigenvalue weighted by Gasteiger charge is 2.20. The van der Waals surface area contributed by atoms with Crippen molar-refractivity contribution in [2.24, 2.45) is 0 Å². The lowest BCUT2D eigenvalue weighted by Crippen LogP contribution is -1.94. The predicted molar refractivity (Wildman–Crippen MR) is 227 cm³/mol. The molecule has 54 heavy (non-hydrogen) atoms. The molecule has 3 heterocycles. The van der Waals surface area contributed by atoms with Gasteiger partial charge in [-0.15, -0.1) is 11.3 Å². The monoisotopic (exact) mass is 706 g/mol. The van der Waals surface area contributed by atoms with Gasteiger partial charge < -0.3 is 4.42 Å². The molecule has 0 aliphatic carbocycles. The van der Waals surface area contributed by atoms with Gasteiger partial charge in [0.2, 0.25) is 0 Å². The lowest BCUT2D eigenvalue weighted by atomic mass is 9.98. The summed E-state index contributed by atoms with van der Waals surface area (Å²) in [6, 6.07) is 64.4. The van der Waals surface area contributed by atoms with Gasteiger partial charge in [0.25, 0.3) is 0 Å². The Morgan fingerprint density at radius 1 is 0.407 bits per heavy atom. The van der Waals surface area contributed by atoms with Crippen LogP contribution in [-0.2, 0) is 0 Å². The molecule has 0 fully saturated rings. The van der Waals surface area contributed by atoms with Crippen LogP contribution in [0.15, 0.2) is 186 Å².